The SMILES string of the molecule is CC(C)Cc1ccc([C@H](C)NC(=O)CSc2nnc(-c3cccs3)o2)cc1. The summed E-state index contributed by atoms with van der Waals surface area (Å²) in [7, 11) is 0. The first-order valence-corrected chi connectivity index (χ1v) is 10.8. The lowest BCUT2D eigenvalue weighted by Gasteiger charge is -2.15. The van der Waals surface area contributed by atoms with Crippen molar-refractivity contribution in [1.82, 2.24) is 15.5 Å². The minimum Gasteiger partial charge on any atom is -0.410 e. The summed E-state index contributed by atoms with van der Waals surface area (Å²) in [5, 5.41) is 13.4. The number of carbonyl (C=O) groups excluding carboxylic acids is 1. The van der Waals surface area contributed by atoms with Crippen molar-refractivity contribution >= 4 is 29.0 Å². The van der Waals surface area contributed by atoms with Crippen LogP contribution in [0.5, 0.6) is 0 Å². The van der Waals surface area contributed by atoms with Crippen molar-refractivity contribution in [2.45, 2.75) is 38.5 Å². The summed E-state index contributed by atoms with van der Waals surface area (Å²) < 4.78 is 5.58. The van der Waals surface area contributed by atoms with E-state index in [0.29, 0.717) is 17.0 Å². The summed E-state index contributed by atoms with van der Waals surface area (Å²) >= 11 is 2.78. The van der Waals surface area contributed by atoms with Crippen LogP contribution in [0.1, 0.15) is 37.9 Å². The highest BCUT2D eigenvalue weighted by atomic mass is 32.2. The van der Waals surface area contributed by atoms with Crippen molar-refractivity contribution in [3.05, 3.63) is 52.9 Å². The Balaban J connectivity index is 1.48. The topological polar surface area (TPSA) is 68.0 Å². The number of benzene rings is 1. The minimum absolute atomic E-state index is 0.0458. The minimum atomic E-state index is -0.0605. The molecule has 3 aromatic rings. The molecule has 0 aliphatic carbocycles. The number of nitrogens with zero attached hydrogens (tertiary/aromatic N) is 2. The second-order valence-corrected chi connectivity index (χ2v) is 8.64. The second-order valence-electron chi connectivity index (χ2n) is 6.77. The van der Waals surface area contributed by atoms with Crippen LogP contribution in [0.3, 0.4) is 0 Å². The van der Waals surface area contributed by atoms with Crippen LogP contribution in [-0.2, 0) is 11.2 Å². The van der Waals surface area contributed by atoms with Gasteiger partial charge in [0.15, 0.2) is 0 Å². The Hall–Kier alpha value is -2.12. The van der Waals surface area contributed by atoms with Gasteiger partial charge in [0.05, 0.1) is 16.7 Å². The van der Waals surface area contributed by atoms with E-state index in [-0.39, 0.29) is 17.7 Å². The van der Waals surface area contributed by atoms with Crippen LogP contribution in [0.15, 0.2) is 51.4 Å². The first kappa shape index (κ1) is 19.6. The van der Waals surface area contributed by atoms with Gasteiger partial charge in [0, 0.05) is 0 Å². The van der Waals surface area contributed by atoms with Gasteiger partial charge in [0.2, 0.25) is 5.91 Å². The molecule has 27 heavy (non-hydrogen) atoms. The number of carbonyl (C=O) groups is 1. The highest BCUT2D eigenvalue weighted by Crippen LogP contribution is 2.26. The van der Waals surface area contributed by atoms with Crippen LogP contribution >= 0.6 is 23.1 Å². The van der Waals surface area contributed by atoms with Crippen molar-refractivity contribution in [3.63, 3.8) is 0 Å². The zero-order valence-corrected chi connectivity index (χ0v) is 17.3. The van der Waals surface area contributed by atoms with Gasteiger partial charge in [-0.25, -0.2) is 0 Å². The first-order chi connectivity index (χ1) is 13.0. The molecule has 1 amide bonds. The Morgan fingerprint density at radius 2 is 1.96 bits per heavy atom. The standard InChI is InChI=1S/C20H23N3O2S2/c1-13(2)11-15-6-8-16(9-7-15)14(3)21-18(24)12-27-20-23-22-19(25-20)17-5-4-10-26-17/h4-10,13-14H,11-12H2,1-3H3,(H,21,24)/t14-/m0/s1. The van der Waals surface area contributed by atoms with Crippen molar-refractivity contribution in [3.8, 4) is 10.8 Å². The van der Waals surface area contributed by atoms with Crippen LogP contribution < -0.4 is 5.32 Å². The van der Waals surface area contributed by atoms with E-state index < -0.39 is 0 Å². The molecular formula is C20H23N3O2S2. The van der Waals surface area contributed by atoms with Crippen molar-refractivity contribution < 1.29 is 9.21 Å². The number of amides is 1. The van der Waals surface area contributed by atoms with E-state index in [1.54, 1.807) is 0 Å². The second kappa shape index (κ2) is 9.19. The molecule has 1 aromatic carbocycles. The highest BCUT2D eigenvalue weighted by molar-refractivity contribution is 7.99. The Morgan fingerprint density at radius 3 is 2.63 bits per heavy atom. The number of thiophene rings is 1. The normalized spacial score (nSPS) is 12.3. The zero-order valence-electron chi connectivity index (χ0n) is 15.6. The highest BCUT2D eigenvalue weighted by Gasteiger charge is 2.14. The molecule has 0 saturated carbocycles. The van der Waals surface area contributed by atoms with Gasteiger partial charge in [-0.05, 0) is 41.8 Å². The molecule has 0 bridgehead atoms. The molecule has 3 rings (SSSR count). The first-order valence-electron chi connectivity index (χ1n) is 8.89. The molecule has 2 heterocycles. The van der Waals surface area contributed by atoms with E-state index in [1.807, 2.05) is 24.4 Å². The maximum absolute atomic E-state index is 12.2. The van der Waals surface area contributed by atoms with Crippen LogP contribution in [0, 0.1) is 5.92 Å². The summed E-state index contributed by atoms with van der Waals surface area (Å²) in [6.45, 7) is 6.41. The molecule has 142 valence electrons. The Bertz CT molecular complexity index is 858. The summed E-state index contributed by atoms with van der Waals surface area (Å²) in [6, 6.07) is 12.3. The van der Waals surface area contributed by atoms with Crippen LogP contribution in [-0.4, -0.2) is 21.9 Å². The molecule has 0 aliphatic rings. The van der Waals surface area contributed by atoms with E-state index in [9.17, 15) is 4.79 Å². The van der Waals surface area contributed by atoms with Gasteiger partial charge in [0.1, 0.15) is 0 Å². The van der Waals surface area contributed by atoms with E-state index in [4.69, 9.17) is 4.42 Å². The largest absolute Gasteiger partial charge is 0.410 e. The van der Waals surface area contributed by atoms with Crippen molar-refractivity contribution in [1.29, 1.82) is 0 Å². The van der Waals surface area contributed by atoms with Gasteiger partial charge >= 0.3 is 0 Å². The number of rotatable bonds is 8. The lowest BCUT2D eigenvalue weighted by molar-refractivity contribution is -0.119. The number of aromatic nitrogens is 2. The lowest BCUT2D eigenvalue weighted by Crippen LogP contribution is -2.28. The number of hydrogen-bond acceptors (Lipinski definition) is 6. The van der Waals surface area contributed by atoms with Crippen LogP contribution in [0.4, 0.5) is 0 Å². The average Bonchev–Trinajstić information content (AvgIpc) is 3.31. The maximum Gasteiger partial charge on any atom is 0.277 e. The lowest BCUT2D eigenvalue weighted by atomic mass is 10.00. The van der Waals surface area contributed by atoms with Crippen molar-refractivity contribution in [2.75, 3.05) is 5.75 Å². The molecule has 2 aromatic heterocycles. The van der Waals surface area contributed by atoms with E-state index in [1.165, 1.54) is 28.7 Å². The monoisotopic (exact) mass is 401 g/mol. The van der Waals surface area contributed by atoms with Gasteiger partial charge in [-0.2, -0.15) is 0 Å². The summed E-state index contributed by atoms with van der Waals surface area (Å²) in [4.78, 5) is 13.2. The molecular weight excluding hydrogens is 378 g/mol. The third kappa shape index (κ3) is 5.68. The molecule has 0 aliphatic heterocycles. The van der Waals surface area contributed by atoms with Crippen LogP contribution in [0.25, 0.3) is 10.8 Å². The van der Waals surface area contributed by atoms with Gasteiger partial charge in [-0.1, -0.05) is 55.9 Å². The maximum atomic E-state index is 12.2. The van der Waals surface area contributed by atoms with Gasteiger partial charge in [-0.3, -0.25) is 4.79 Å². The smallest absolute Gasteiger partial charge is 0.277 e. The molecule has 0 saturated heterocycles. The van der Waals surface area contributed by atoms with E-state index in [2.05, 4.69) is 53.6 Å². The Kier molecular flexibility index (Phi) is 6.68. The Labute approximate surface area is 167 Å². The molecule has 0 fully saturated rings. The molecule has 1 atom stereocenters. The predicted octanol–water partition coefficient (Wildman–Crippen LogP) is 4.97. The number of hydrogen-bond donors (Lipinski definition) is 1. The molecule has 0 radical (unpaired) electrons. The average molecular weight is 402 g/mol. The zero-order chi connectivity index (χ0) is 19.2. The van der Waals surface area contributed by atoms with E-state index in [0.717, 1.165) is 16.9 Å². The fourth-order valence-corrected chi connectivity index (χ4v) is 3.89. The molecule has 0 unspecified atom stereocenters. The van der Waals surface area contributed by atoms with Crippen LogP contribution in [0.2, 0.25) is 0 Å². The van der Waals surface area contributed by atoms with Crippen molar-refractivity contribution in [2.24, 2.45) is 5.92 Å². The molecule has 0 spiro atoms. The Morgan fingerprint density at radius 1 is 1.19 bits per heavy atom. The van der Waals surface area contributed by atoms with Gasteiger partial charge in [-0.15, -0.1) is 21.5 Å². The van der Waals surface area contributed by atoms with Gasteiger partial charge < -0.3 is 9.73 Å². The van der Waals surface area contributed by atoms with Gasteiger partial charge in [0.25, 0.3) is 11.1 Å². The summed E-state index contributed by atoms with van der Waals surface area (Å²) in [6.07, 6.45) is 1.06. The quantitative estimate of drug-likeness (QED) is 0.540. The third-order valence-electron chi connectivity index (χ3n) is 3.97. The molecule has 1 N–H and O–H groups in total. The third-order valence-corrected chi connectivity index (χ3v) is 5.64. The number of thioether (sulfide) groups is 1. The predicted molar refractivity (Wildman–Crippen MR) is 110 cm³/mol. The van der Waals surface area contributed by atoms with E-state index >= 15 is 0 Å². The summed E-state index contributed by atoms with van der Waals surface area (Å²) in [5.41, 5.74) is 2.42. The molecule has 5 nitrogen and oxygen atoms in total. The summed E-state index contributed by atoms with van der Waals surface area (Å²) in [5.74, 6) is 1.30. The fraction of sp³-hybridized carbons (Fsp3) is 0.350. The molecule has 7 heteroatoms. The fourth-order valence-electron chi connectivity index (χ4n) is 2.68. The number of nitrogens with one attached hydrogen (secondary N) is 1.